The van der Waals surface area contributed by atoms with E-state index in [0.717, 1.165) is 5.56 Å². The standard InChI is InChI=1S/C18H21ClN2O4S/c1-3-25-18(22)16-10-17(20-11(16)2)26(23,24)21-15-8-13(9-15)12-5-4-6-14(19)7-12/h4-7,10,13,15,20-21H,3,8-9H2,1-2H3/t13-,15-. The lowest BCUT2D eigenvalue weighted by molar-refractivity contribution is 0.0525. The van der Waals surface area contributed by atoms with E-state index in [0.29, 0.717) is 29.5 Å². The molecule has 3 rings (SSSR count). The molecule has 2 N–H and O–H groups in total. The van der Waals surface area contributed by atoms with Crippen LogP contribution in [0.1, 0.15) is 47.3 Å². The van der Waals surface area contributed by atoms with Crippen molar-refractivity contribution in [1.29, 1.82) is 0 Å². The van der Waals surface area contributed by atoms with E-state index in [9.17, 15) is 13.2 Å². The van der Waals surface area contributed by atoms with E-state index < -0.39 is 16.0 Å². The molecule has 1 aromatic carbocycles. The van der Waals surface area contributed by atoms with Crippen LogP contribution in [0.3, 0.4) is 0 Å². The van der Waals surface area contributed by atoms with Crippen molar-refractivity contribution in [3.8, 4) is 0 Å². The van der Waals surface area contributed by atoms with Crippen LogP contribution in [0.4, 0.5) is 0 Å². The lowest BCUT2D eigenvalue weighted by Crippen LogP contribution is -2.43. The molecule has 0 spiro atoms. The highest BCUT2D eigenvalue weighted by Gasteiger charge is 2.34. The monoisotopic (exact) mass is 396 g/mol. The van der Waals surface area contributed by atoms with E-state index in [-0.39, 0.29) is 23.2 Å². The van der Waals surface area contributed by atoms with E-state index in [1.807, 2.05) is 24.3 Å². The van der Waals surface area contributed by atoms with Gasteiger partial charge in [-0.2, -0.15) is 0 Å². The maximum absolute atomic E-state index is 12.6. The molecule has 8 heteroatoms. The Bertz CT molecular complexity index is 917. The second-order valence-corrected chi connectivity index (χ2v) is 8.55. The van der Waals surface area contributed by atoms with Gasteiger partial charge in [0, 0.05) is 16.8 Å². The van der Waals surface area contributed by atoms with Gasteiger partial charge in [0.2, 0.25) is 0 Å². The summed E-state index contributed by atoms with van der Waals surface area (Å²) in [4.78, 5) is 14.6. The number of aromatic nitrogens is 1. The number of esters is 1. The van der Waals surface area contributed by atoms with Gasteiger partial charge in [0.1, 0.15) is 5.03 Å². The topological polar surface area (TPSA) is 88.3 Å². The van der Waals surface area contributed by atoms with E-state index in [1.54, 1.807) is 13.8 Å². The zero-order chi connectivity index (χ0) is 18.9. The fraction of sp³-hybridized carbons (Fsp3) is 0.389. The van der Waals surface area contributed by atoms with Gasteiger partial charge in [-0.15, -0.1) is 0 Å². The van der Waals surface area contributed by atoms with Crippen molar-refractivity contribution in [3.05, 3.63) is 52.2 Å². The van der Waals surface area contributed by atoms with E-state index in [4.69, 9.17) is 16.3 Å². The fourth-order valence-corrected chi connectivity index (χ4v) is 4.64. The Morgan fingerprint density at radius 1 is 1.35 bits per heavy atom. The molecular weight excluding hydrogens is 376 g/mol. The number of sulfonamides is 1. The van der Waals surface area contributed by atoms with Crippen molar-refractivity contribution >= 4 is 27.6 Å². The van der Waals surface area contributed by atoms with Gasteiger partial charge in [0.15, 0.2) is 0 Å². The Kier molecular flexibility index (Phi) is 5.41. The van der Waals surface area contributed by atoms with E-state index >= 15 is 0 Å². The summed E-state index contributed by atoms with van der Waals surface area (Å²) in [5.41, 5.74) is 1.82. The number of nitrogens with one attached hydrogen (secondary N) is 2. The molecule has 0 amide bonds. The molecule has 0 bridgehead atoms. The average molecular weight is 397 g/mol. The maximum atomic E-state index is 12.6. The minimum atomic E-state index is -3.72. The normalized spacial score (nSPS) is 19.8. The lowest BCUT2D eigenvalue weighted by Gasteiger charge is -2.35. The van der Waals surface area contributed by atoms with Crippen LogP contribution in [-0.2, 0) is 14.8 Å². The van der Waals surface area contributed by atoms with E-state index in [2.05, 4.69) is 9.71 Å². The summed E-state index contributed by atoms with van der Waals surface area (Å²) in [6.45, 7) is 3.58. The quantitative estimate of drug-likeness (QED) is 0.732. The fourth-order valence-electron chi connectivity index (χ4n) is 3.12. The predicted octanol–water partition coefficient (Wildman–Crippen LogP) is 3.38. The Morgan fingerprint density at radius 2 is 2.08 bits per heavy atom. The number of carbonyl (C=O) groups is 1. The van der Waals surface area contributed by atoms with Gasteiger partial charge in [-0.3, -0.25) is 0 Å². The molecule has 1 aliphatic rings. The SMILES string of the molecule is CCOC(=O)c1cc(S(=O)(=O)N[C@H]2C[C@H](c3cccc(Cl)c3)C2)[nH]c1C. The minimum absolute atomic E-state index is 0.0238. The third-order valence-corrected chi connectivity index (χ3v) is 6.23. The zero-order valence-electron chi connectivity index (χ0n) is 14.6. The lowest BCUT2D eigenvalue weighted by atomic mass is 9.76. The molecule has 26 heavy (non-hydrogen) atoms. The minimum Gasteiger partial charge on any atom is -0.462 e. The molecule has 0 atom stereocenters. The molecule has 1 aromatic heterocycles. The number of benzene rings is 1. The molecule has 0 aliphatic heterocycles. The molecule has 2 aromatic rings. The van der Waals surface area contributed by atoms with E-state index in [1.165, 1.54) is 6.07 Å². The smallest absolute Gasteiger partial charge is 0.339 e. The largest absolute Gasteiger partial charge is 0.462 e. The number of aromatic amines is 1. The molecular formula is C18H21ClN2O4S. The number of halogens is 1. The molecule has 0 unspecified atom stereocenters. The predicted molar refractivity (Wildman–Crippen MR) is 99.0 cm³/mol. The molecule has 0 saturated heterocycles. The first kappa shape index (κ1) is 18.9. The summed E-state index contributed by atoms with van der Waals surface area (Å²) in [6.07, 6.45) is 1.42. The zero-order valence-corrected chi connectivity index (χ0v) is 16.2. The Morgan fingerprint density at radius 3 is 2.73 bits per heavy atom. The molecule has 1 heterocycles. The maximum Gasteiger partial charge on any atom is 0.339 e. The number of rotatable bonds is 6. The van der Waals surface area contributed by atoms with Crippen LogP contribution in [0.15, 0.2) is 35.4 Å². The van der Waals surface area contributed by atoms with Crippen LogP contribution in [0.2, 0.25) is 5.02 Å². The second kappa shape index (κ2) is 7.42. The van der Waals surface area contributed by atoms with Crippen LogP contribution >= 0.6 is 11.6 Å². The van der Waals surface area contributed by atoms with Gasteiger partial charge < -0.3 is 9.72 Å². The third-order valence-electron chi connectivity index (χ3n) is 4.55. The summed E-state index contributed by atoms with van der Waals surface area (Å²) in [7, 11) is -3.72. The number of H-pyrrole nitrogens is 1. The molecule has 0 radical (unpaired) electrons. The van der Waals surface area contributed by atoms with Crippen molar-refractivity contribution in [2.75, 3.05) is 6.61 Å². The van der Waals surface area contributed by atoms with Crippen LogP contribution in [0, 0.1) is 6.92 Å². The molecule has 1 fully saturated rings. The van der Waals surface area contributed by atoms with Crippen molar-refractivity contribution in [1.82, 2.24) is 9.71 Å². The van der Waals surface area contributed by atoms with Gasteiger partial charge >= 0.3 is 5.97 Å². The summed E-state index contributed by atoms with van der Waals surface area (Å²) in [6, 6.07) is 8.81. The Hall–Kier alpha value is -1.83. The van der Waals surface area contributed by atoms with Gasteiger partial charge in [-0.1, -0.05) is 23.7 Å². The van der Waals surface area contributed by atoms with Gasteiger partial charge in [0.25, 0.3) is 10.0 Å². The number of aryl methyl sites for hydroxylation is 1. The molecule has 6 nitrogen and oxygen atoms in total. The third kappa shape index (κ3) is 3.95. The first-order valence-electron chi connectivity index (χ1n) is 8.44. The molecule has 1 saturated carbocycles. The van der Waals surface area contributed by atoms with Gasteiger partial charge in [-0.25, -0.2) is 17.9 Å². The highest BCUT2D eigenvalue weighted by Crippen LogP contribution is 2.38. The van der Waals surface area contributed by atoms with Crippen molar-refractivity contribution in [2.24, 2.45) is 0 Å². The average Bonchev–Trinajstić information content (AvgIpc) is 2.93. The number of hydrogen-bond acceptors (Lipinski definition) is 4. The molecule has 140 valence electrons. The molecule has 1 aliphatic carbocycles. The number of ether oxygens (including phenoxy) is 1. The Labute approximate surface area is 158 Å². The summed E-state index contributed by atoms with van der Waals surface area (Å²) in [5, 5.41) is 0.657. The Balaban J connectivity index is 1.65. The second-order valence-electron chi connectivity index (χ2n) is 6.43. The number of hydrogen-bond donors (Lipinski definition) is 2. The highest BCUT2D eigenvalue weighted by molar-refractivity contribution is 7.89. The van der Waals surface area contributed by atoms with Crippen molar-refractivity contribution < 1.29 is 17.9 Å². The summed E-state index contributed by atoms with van der Waals surface area (Å²) < 4.78 is 32.8. The highest BCUT2D eigenvalue weighted by atomic mass is 35.5. The van der Waals surface area contributed by atoms with Gasteiger partial charge in [0.05, 0.1) is 12.2 Å². The van der Waals surface area contributed by atoms with Crippen molar-refractivity contribution in [3.63, 3.8) is 0 Å². The summed E-state index contributed by atoms with van der Waals surface area (Å²) >= 11 is 6.00. The first-order chi connectivity index (χ1) is 12.3. The first-order valence-corrected chi connectivity index (χ1v) is 10.3. The van der Waals surface area contributed by atoms with Gasteiger partial charge in [-0.05, 0) is 56.4 Å². The van der Waals surface area contributed by atoms with Crippen molar-refractivity contribution in [2.45, 2.75) is 43.7 Å². The number of carbonyl (C=O) groups excluding carboxylic acids is 1. The van der Waals surface area contributed by atoms with Crippen LogP contribution in [0.5, 0.6) is 0 Å². The van der Waals surface area contributed by atoms with Crippen LogP contribution in [-0.4, -0.2) is 32.0 Å². The summed E-state index contributed by atoms with van der Waals surface area (Å²) in [5.74, 6) is -0.241. The van der Waals surface area contributed by atoms with Crippen LogP contribution in [0.25, 0.3) is 0 Å². The van der Waals surface area contributed by atoms with Crippen LogP contribution < -0.4 is 4.72 Å².